The number of fused-ring (bicyclic) bond motifs is 1. The molecule has 1 nitrogen and oxygen atoms in total. The van der Waals surface area contributed by atoms with Crippen molar-refractivity contribution >= 4 is 0 Å². The van der Waals surface area contributed by atoms with Crippen molar-refractivity contribution in [3.63, 3.8) is 0 Å². The summed E-state index contributed by atoms with van der Waals surface area (Å²) >= 11 is 0. The Morgan fingerprint density at radius 1 is 1.38 bits per heavy atom. The lowest BCUT2D eigenvalue weighted by molar-refractivity contribution is 0.0309. The van der Waals surface area contributed by atoms with E-state index in [9.17, 15) is 5.11 Å². The third kappa shape index (κ3) is 1.01. The zero-order chi connectivity index (χ0) is 11.7. The van der Waals surface area contributed by atoms with Crippen LogP contribution in [0.15, 0.2) is 11.6 Å². The highest BCUT2D eigenvalue weighted by Crippen LogP contribution is 2.71. The number of allylic oxidation sites excluding steroid dienone is 2. The fraction of sp³-hybridized carbons (Fsp3) is 0.867. The van der Waals surface area contributed by atoms with E-state index >= 15 is 0 Å². The maximum absolute atomic E-state index is 10.4. The lowest BCUT2D eigenvalue weighted by atomic mass is 9.67. The molecule has 2 fully saturated rings. The van der Waals surface area contributed by atoms with Gasteiger partial charge in [-0.15, -0.1) is 0 Å². The zero-order valence-corrected chi connectivity index (χ0v) is 11.0. The summed E-state index contributed by atoms with van der Waals surface area (Å²) in [5, 5.41) is 10.4. The number of aliphatic hydroxyl groups excluding tert-OH is 1. The number of rotatable bonds is 0. The molecule has 5 atom stereocenters. The minimum absolute atomic E-state index is 0.0608. The second kappa shape index (κ2) is 2.93. The molecule has 2 unspecified atom stereocenters. The van der Waals surface area contributed by atoms with Gasteiger partial charge in [-0.3, -0.25) is 0 Å². The molecule has 3 rings (SSSR count). The van der Waals surface area contributed by atoms with Crippen molar-refractivity contribution in [3.8, 4) is 0 Å². The summed E-state index contributed by atoms with van der Waals surface area (Å²) < 4.78 is 0. The van der Waals surface area contributed by atoms with Gasteiger partial charge < -0.3 is 5.11 Å². The smallest absolute Gasteiger partial charge is 0.0582 e. The molecule has 2 saturated carbocycles. The molecular formula is C15H24O. The molecule has 3 aliphatic carbocycles. The lowest BCUT2D eigenvalue weighted by Crippen LogP contribution is -2.35. The van der Waals surface area contributed by atoms with Crippen molar-refractivity contribution in [1.29, 1.82) is 0 Å². The summed E-state index contributed by atoms with van der Waals surface area (Å²) in [5.41, 5.74) is 2.29. The first kappa shape index (κ1) is 10.8. The number of aliphatic hydroxyl groups is 1. The molecule has 0 saturated heterocycles. The molecule has 1 heteroatoms. The highest BCUT2D eigenvalue weighted by molar-refractivity contribution is 5.26. The minimum Gasteiger partial charge on any atom is -0.393 e. The van der Waals surface area contributed by atoms with Crippen LogP contribution in [0.5, 0.6) is 0 Å². The van der Waals surface area contributed by atoms with Gasteiger partial charge in [0.05, 0.1) is 6.10 Å². The van der Waals surface area contributed by atoms with Crippen LogP contribution < -0.4 is 0 Å². The zero-order valence-electron chi connectivity index (χ0n) is 11.0. The van der Waals surface area contributed by atoms with Crippen LogP contribution in [-0.2, 0) is 0 Å². The third-order valence-electron chi connectivity index (χ3n) is 6.22. The molecule has 1 N–H and O–H groups in total. The Hall–Kier alpha value is -0.300. The van der Waals surface area contributed by atoms with Crippen molar-refractivity contribution in [3.05, 3.63) is 11.6 Å². The van der Waals surface area contributed by atoms with Crippen LogP contribution in [0, 0.1) is 28.6 Å². The Kier molecular flexibility index (Phi) is 1.98. The van der Waals surface area contributed by atoms with E-state index in [4.69, 9.17) is 0 Å². The van der Waals surface area contributed by atoms with E-state index in [-0.39, 0.29) is 6.10 Å². The standard InChI is InChI=1S/C15H24O/c1-9-5-6-15-8-11(9)14(3,4)13(15)12(16)7-10(15)2/h5,10-13,16H,6-8H2,1-4H3/t10-,11-,12+,13?,15?/m1/s1. The maximum atomic E-state index is 10.4. The Labute approximate surface area is 98.9 Å². The van der Waals surface area contributed by atoms with E-state index < -0.39 is 0 Å². The van der Waals surface area contributed by atoms with E-state index in [1.165, 1.54) is 12.8 Å². The van der Waals surface area contributed by atoms with Crippen LogP contribution in [0.25, 0.3) is 0 Å². The topological polar surface area (TPSA) is 20.2 Å². The molecule has 0 heterocycles. The Bertz CT molecular complexity index is 354. The Morgan fingerprint density at radius 2 is 2.06 bits per heavy atom. The molecule has 0 amide bonds. The molecule has 90 valence electrons. The van der Waals surface area contributed by atoms with Crippen LogP contribution in [0.3, 0.4) is 0 Å². The van der Waals surface area contributed by atoms with Crippen LogP contribution in [0.4, 0.5) is 0 Å². The first-order valence-electron chi connectivity index (χ1n) is 6.74. The third-order valence-corrected chi connectivity index (χ3v) is 6.22. The molecule has 0 aromatic rings. The molecular weight excluding hydrogens is 196 g/mol. The van der Waals surface area contributed by atoms with Gasteiger partial charge in [0.15, 0.2) is 0 Å². The fourth-order valence-electron chi connectivity index (χ4n) is 5.50. The highest BCUT2D eigenvalue weighted by atomic mass is 16.3. The van der Waals surface area contributed by atoms with Crippen molar-refractivity contribution in [2.75, 3.05) is 0 Å². The van der Waals surface area contributed by atoms with Gasteiger partial charge in [-0.25, -0.2) is 0 Å². The number of hydrogen-bond donors (Lipinski definition) is 1. The molecule has 3 aliphatic rings. The van der Waals surface area contributed by atoms with E-state index in [0.29, 0.717) is 28.6 Å². The molecule has 0 aromatic carbocycles. The highest BCUT2D eigenvalue weighted by Gasteiger charge is 2.66. The fourth-order valence-corrected chi connectivity index (χ4v) is 5.50. The summed E-state index contributed by atoms with van der Waals surface area (Å²) in [6.45, 7) is 9.41. The lowest BCUT2D eigenvalue weighted by Gasteiger charge is -2.37. The largest absolute Gasteiger partial charge is 0.393 e. The number of hydrogen-bond acceptors (Lipinski definition) is 1. The Morgan fingerprint density at radius 3 is 2.75 bits per heavy atom. The van der Waals surface area contributed by atoms with E-state index in [1.807, 2.05) is 0 Å². The molecule has 16 heavy (non-hydrogen) atoms. The predicted octanol–water partition coefficient (Wildman–Crippen LogP) is 3.39. The van der Waals surface area contributed by atoms with Gasteiger partial charge in [-0.1, -0.05) is 32.4 Å². The second-order valence-corrected chi connectivity index (χ2v) is 7.15. The van der Waals surface area contributed by atoms with Gasteiger partial charge >= 0.3 is 0 Å². The average Bonchev–Trinajstić information content (AvgIpc) is 2.54. The van der Waals surface area contributed by atoms with Crippen LogP contribution in [0.2, 0.25) is 0 Å². The summed E-state index contributed by atoms with van der Waals surface area (Å²) in [7, 11) is 0. The van der Waals surface area contributed by atoms with Crippen molar-refractivity contribution in [1.82, 2.24) is 0 Å². The van der Waals surface area contributed by atoms with Gasteiger partial charge in [-0.2, -0.15) is 0 Å². The summed E-state index contributed by atoms with van der Waals surface area (Å²) in [4.78, 5) is 0. The van der Waals surface area contributed by atoms with Gasteiger partial charge in [-0.05, 0) is 54.8 Å². The van der Waals surface area contributed by atoms with E-state index in [1.54, 1.807) is 5.57 Å². The van der Waals surface area contributed by atoms with E-state index in [2.05, 4.69) is 33.8 Å². The molecule has 2 bridgehead atoms. The average molecular weight is 220 g/mol. The van der Waals surface area contributed by atoms with Crippen LogP contribution >= 0.6 is 0 Å². The maximum Gasteiger partial charge on any atom is 0.0582 e. The monoisotopic (exact) mass is 220 g/mol. The first-order chi connectivity index (χ1) is 7.39. The van der Waals surface area contributed by atoms with Crippen molar-refractivity contribution in [2.45, 2.75) is 53.1 Å². The van der Waals surface area contributed by atoms with E-state index in [0.717, 1.165) is 6.42 Å². The van der Waals surface area contributed by atoms with Gasteiger partial charge in [0.25, 0.3) is 0 Å². The molecule has 0 aromatic heterocycles. The van der Waals surface area contributed by atoms with Crippen LogP contribution in [0.1, 0.15) is 47.0 Å². The van der Waals surface area contributed by atoms with Gasteiger partial charge in [0.2, 0.25) is 0 Å². The summed E-state index contributed by atoms with van der Waals surface area (Å²) in [5.74, 6) is 1.93. The van der Waals surface area contributed by atoms with Crippen LogP contribution in [-0.4, -0.2) is 11.2 Å². The van der Waals surface area contributed by atoms with Gasteiger partial charge in [0, 0.05) is 0 Å². The molecule has 0 radical (unpaired) electrons. The SMILES string of the molecule is CC1=CCC23C[C@H]1C(C)(C)C2[C@@H](O)C[C@H]3C. The minimum atomic E-state index is -0.0608. The summed E-state index contributed by atoms with van der Waals surface area (Å²) in [6.07, 6.45) is 5.96. The van der Waals surface area contributed by atoms with Crippen molar-refractivity contribution < 1.29 is 5.11 Å². The predicted molar refractivity (Wildman–Crippen MR) is 66.0 cm³/mol. The normalized spacial score (nSPS) is 53.7. The molecule has 0 aliphatic heterocycles. The quantitative estimate of drug-likeness (QED) is 0.620. The summed E-state index contributed by atoms with van der Waals surface area (Å²) in [6, 6.07) is 0. The Balaban J connectivity index is 2.13. The first-order valence-corrected chi connectivity index (χ1v) is 6.74. The second-order valence-electron chi connectivity index (χ2n) is 7.15. The molecule has 1 spiro atoms. The van der Waals surface area contributed by atoms with Gasteiger partial charge in [0.1, 0.15) is 0 Å². The van der Waals surface area contributed by atoms with Crippen molar-refractivity contribution in [2.24, 2.45) is 28.6 Å².